The number of nitrogens with one attached hydrogen (secondary N) is 1. The third kappa shape index (κ3) is 2.89. The topological polar surface area (TPSA) is 42.9 Å². The highest BCUT2D eigenvalue weighted by atomic mass is 79.9. The molecule has 0 spiro atoms. The van der Waals surface area contributed by atoms with Crippen molar-refractivity contribution in [3.05, 3.63) is 51.5 Å². The molecule has 1 aliphatic heterocycles. The molecule has 3 rings (SSSR count). The van der Waals surface area contributed by atoms with Gasteiger partial charge in [0.05, 0.1) is 11.9 Å². The van der Waals surface area contributed by atoms with E-state index < -0.39 is 0 Å². The van der Waals surface area contributed by atoms with Crippen molar-refractivity contribution in [2.45, 2.75) is 0 Å². The normalized spacial score (nSPS) is 12.9. The fraction of sp³-hybridized carbons (Fsp3) is 0.0714. The molecular weight excluding hydrogens is 344 g/mol. The summed E-state index contributed by atoms with van der Waals surface area (Å²) in [7, 11) is 0. The standard InChI is InChI=1S/C14H10BrClN2O2/c15-12-6-14-13(19-8-20-14)5-9(12)7-17-18-11-3-1-10(16)2-4-11/h1-7,18H,8H2/b17-7-. The van der Waals surface area contributed by atoms with Gasteiger partial charge < -0.3 is 9.47 Å². The number of hydrogen-bond acceptors (Lipinski definition) is 4. The summed E-state index contributed by atoms with van der Waals surface area (Å²) in [6, 6.07) is 11.1. The Hall–Kier alpha value is -1.72. The van der Waals surface area contributed by atoms with Gasteiger partial charge in [0.2, 0.25) is 6.79 Å². The van der Waals surface area contributed by atoms with Gasteiger partial charge in [-0.3, -0.25) is 5.43 Å². The first kappa shape index (κ1) is 13.3. The zero-order chi connectivity index (χ0) is 13.9. The molecule has 0 amide bonds. The molecule has 102 valence electrons. The Bertz CT molecular complexity index is 659. The Labute approximate surface area is 129 Å². The minimum atomic E-state index is 0.255. The second-order valence-corrected chi connectivity index (χ2v) is 5.39. The Morgan fingerprint density at radius 2 is 1.85 bits per heavy atom. The molecule has 4 nitrogen and oxygen atoms in total. The number of hydrazone groups is 1. The van der Waals surface area contributed by atoms with E-state index in [0.717, 1.165) is 27.2 Å². The molecule has 0 radical (unpaired) electrons. The van der Waals surface area contributed by atoms with Gasteiger partial charge in [0.1, 0.15) is 0 Å². The number of halogens is 2. The Balaban J connectivity index is 1.74. The van der Waals surface area contributed by atoms with Crippen molar-refractivity contribution < 1.29 is 9.47 Å². The van der Waals surface area contributed by atoms with Crippen LogP contribution in [0.3, 0.4) is 0 Å². The monoisotopic (exact) mass is 352 g/mol. The number of nitrogens with zero attached hydrogens (tertiary/aromatic N) is 1. The molecule has 2 aromatic carbocycles. The largest absolute Gasteiger partial charge is 0.454 e. The van der Waals surface area contributed by atoms with E-state index in [0.29, 0.717) is 5.02 Å². The Morgan fingerprint density at radius 1 is 1.15 bits per heavy atom. The number of benzene rings is 2. The summed E-state index contributed by atoms with van der Waals surface area (Å²) in [5, 5.41) is 4.88. The summed E-state index contributed by atoms with van der Waals surface area (Å²) in [4.78, 5) is 0. The van der Waals surface area contributed by atoms with Gasteiger partial charge in [0.15, 0.2) is 11.5 Å². The number of rotatable bonds is 3. The lowest BCUT2D eigenvalue weighted by atomic mass is 10.2. The molecule has 1 N–H and O–H groups in total. The predicted molar refractivity (Wildman–Crippen MR) is 82.9 cm³/mol. The van der Waals surface area contributed by atoms with Crippen molar-refractivity contribution in [1.82, 2.24) is 0 Å². The molecule has 0 aromatic heterocycles. The molecule has 0 aliphatic carbocycles. The van der Waals surface area contributed by atoms with Gasteiger partial charge in [0.25, 0.3) is 0 Å². The number of anilines is 1. The van der Waals surface area contributed by atoms with E-state index in [-0.39, 0.29) is 6.79 Å². The van der Waals surface area contributed by atoms with Crippen molar-refractivity contribution in [3.8, 4) is 11.5 Å². The van der Waals surface area contributed by atoms with Crippen LogP contribution in [0.4, 0.5) is 5.69 Å². The van der Waals surface area contributed by atoms with Crippen LogP contribution in [0.25, 0.3) is 0 Å². The van der Waals surface area contributed by atoms with Crippen LogP contribution in [0.1, 0.15) is 5.56 Å². The molecule has 1 heterocycles. The van der Waals surface area contributed by atoms with Crippen molar-refractivity contribution in [3.63, 3.8) is 0 Å². The van der Waals surface area contributed by atoms with Gasteiger partial charge >= 0.3 is 0 Å². The molecule has 0 unspecified atom stereocenters. The smallest absolute Gasteiger partial charge is 0.231 e. The molecule has 2 aromatic rings. The van der Waals surface area contributed by atoms with Crippen LogP contribution in [0, 0.1) is 0 Å². The lowest BCUT2D eigenvalue weighted by Crippen LogP contribution is -1.93. The highest BCUT2D eigenvalue weighted by molar-refractivity contribution is 9.10. The van der Waals surface area contributed by atoms with Gasteiger partial charge in [-0.1, -0.05) is 11.6 Å². The zero-order valence-electron chi connectivity index (χ0n) is 10.3. The van der Waals surface area contributed by atoms with Crippen LogP contribution in [0.15, 0.2) is 46.0 Å². The lowest BCUT2D eigenvalue weighted by Gasteiger charge is -2.02. The fourth-order valence-electron chi connectivity index (χ4n) is 1.73. The van der Waals surface area contributed by atoms with Crippen LogP contribution >= 0.6 is 27.5 Å². The maximum absolute atomic E-state index is 5.82. The first-order chi connectivity index (χ1) is 9.72. The molecule has 0 bridgehead atoms. The average Bonchev–Trinajstić information content (AvgIpc) is 2.88. The van der Waals surface area contributed by atoms with Gasteiger partial charge in [-0.05, 0) is 52.3 Å². The maximum atomic E-state index is 5.82. The maximum Gasteiger partial charge on any atom is 0.231 e. The predicted octanol–water partition coefficient (Wildman–Crippen LogP) is 4.28. The van der Waals surface area contributed by atoms with Crippen LogP contribution in [0.5, 0.6) is 11.5 Å². The summed E-state index contributed by atoms with van der Waals surface area (Å²) in [6.45, 7) is 0.255. The molecule has 0 fully saturated rings. The van der Waals surface area contributed by atoms with Gasteiger partial charge in [-0.25, -0.2) is 0 Å². The summed E-state index contributed by atoms with van der Waals surface area (Å²) in [6.07, 6.45) is 1.71. The average molecular weight is 354 g/mol. The summed E-state index contributed by atoms with van der Waals surface area (Å²) >= 11 is 9.29. The summed E-state index contributed by atoms with van der Waals surface area (Å²) < 4.78 is 11.5. The molecule has 6 heteroatoms. The quantitative estimate of drug-likeness (QED) is 0.661. The summed E-state index contributed by atoms with van der Waals surface area (Å²) in [5.41, 5.74) is 4.70. The Morgan fingerprint density at radius 3 is 2.60 bits per heavy atom. The van der Waals surface area contributed by atoms with E-state index >= 15 is 0 Å². The van der Waals surface area contributed by atoms with Crippen LogP contribution in [0.2, 0.25) is 5.02 Å². The van der Waals surface area contributed by atoms with Crippen molar-refractivity contribution >= 4 is 39.4 Å². The number of fused-ring (bicyclic) bond motifs is 1. The SMILES string of the molecule is Clc1ccc(N/N=C\c2cc3c(cc2Br)OCO3)cc1. The third-order valence-corrected chi connectivity index (χ3v) is 3.67. The molecule has 20 heavy (non-hydrogen) atoms. The van der Waals surface area contributed by atoms with E-state index in [2.05, 4.69) is 26.5 Å². The van der Waals surface area contributed by atoms with Crippen molar-refractivity contribution in [2.75, 3.05) is 12.2 Å². The highest BCUT2D eigenvalue weighted by Gasteiger charge is 2.15. The zero-order valence-corrected chi connectivity index (χ0v) is 12.6. The first-order valence-electron chi connectivity index (χ1n) is 5.86. The van der Waals surface area contributed by atoms with Crippen LogP contribution < -0.4 is 14.9 Å². The highest BCUT2D eigenvalue weighted by Crippen LogP contribution is 2.36. The third-order valence-electron chi connectivity index (χ3n) is 2.73. The minimum absolute atomic E-state index is 0.255. The van der Waals surface area contributed by atoms with Gasteiger partial charge in [0, 0.05) is 15.1 Å². The first-order valence-corrected chi connectivity index (χ1v) is 7.03. The fourth-order valence-corrected chi connectivity index (χ4v) is 2.28. The van der Waals surface area contributed by atoms with Crippen LogP contribution in [-0.4, -0.2) is 13.0 Å². The second kappa shape index (κ2) is 5.73. The van der Waals surface area contributed by atoms with Crippen molar-refractivity contribution in [2.24, 2.45) is 5.10 Å². The minimum Gasteiger partial charge on any atom is -0.454 e. The van der Waals surface area contributed by atoms with E-state index in [1.165, 1.54) is 0 Å². The van der Waals surface area contributed by atoms with E-state index in [4.69, 9.17) is 21.1 Å². The number of hydrogen-bond donors (Lipinski definition) is 1. The molecule has 1 aliphatic rings. The summed E-state index contributed by atoms with van der Waals surface area (Å²) in [5.74, 6) is 1.46. The molecule has 0 atom stereocenters. The molecule has 0 saturated heterocycles. The van der Waals surface area contributed by atoms with Crippen molar-refractivity contribution in [1.29, 1.82) is 0 Å². The Kier molecular flexibility index (Phi) is 3.80. The van der Waals surface area contributed by atoms with Gasteiger partial charge in [-0.2, -0.15) is 5.10 Å². The number of ether oxygens (including phenoxy) is 2. The van der Waals surface area contributed by atoms with E-state index in [1.54, 1.807) is 18.3 Å². The van der Waals surface area contributed by atoms with E-state index in [9.17, 15) is 0 Å². The second-order valence-electron chi connectivity index (χ2n) is 4.10. The lowest BCUT2D eigenvalue weighted by molar-refractivity contribution is 0.174. The van der Waals surface area contributed by atoms with E-state index in [1.807, 2.05) is 24.3 Å². The molecular formula is C14H10BrClN2O2. The molecule has 0 saturated carbocycles. The van der Waals surface area contributed by atoms with Gasteiger partial charge in [-0.15, -0.1) is 0 Å². The van der Waals surface area contributed by atoms with Crippen LogP contribution in [-0.2, 0) is 0 Å².